The van der Waals surface area contributed by atoms with Gasteiger partial charge in [-0.3, -0.25) is 18.7 Å². The van der Waals surface area contributed by atoms with Crippen molar-refractivity contribution in [3.05, 3.63) is 0 Å². The first kappa shape index (κ1) is 18.3. The Morgan fingerprint density at radius 1 is 1.05 bits per heavy atom. The van der Waals surface area contributed by atoms with Crippen LogP contribution in [0.15, 0.2) is 0 Å². The third kappa shape index (κ3) is 7.05. The molecule has 114 valence electrons. The summed E-state index contributed by atoms with van der Waals surface area (Å²) in [7, 11) is 0. The maximum atomic E-state index is 11.0. The number of hydrogen-bond acceptors (Lipinski definition) is 8. The SMILES string of the molecule is CC(=O)OC[C@@H](OC(C)=O)[C@H](OC(C)=O)[C@H](C=O)OCl. The minimum atomic E-state index is -1.39. The van der Waals surface area contributed by atoms with Gasteiger partial charge in [-0.05, 0) is 0 Å². The molecule has 0 saturated heterocycles. The lowest BCUT2D eigenvalue weighted by molar-refractivity contribution is -0.180. The van der Waals surface area contributed by atoms with E-state index in [0.717, 1.165) is 20.8 Å². The van der Waals surface area contributed by atoms with E-state index in [0.29, 0.717) is 0 Å². The highest BCUT2D eigenvalue weighted by Crippen LogP contribution is 2.14. The molecule has 0 radical (unpaired) electrons. The number of carbonyl (C=O) groups is 4. The molecule has 0 amide bonds. The average molecular weight is 311 g/mol. The van der Waals surface area contributed by atoms with E-state index < -0.39 is 42.8 Å². The van der Waals surface area contributed by atoms with Gasteiger partial charge in [0.1, 0.15) is 6.61 Å². The molecule has 0 aliphatic rings. The highest BCUT2D eigenvalue weighted by atomic mass is 35.5. The van der Waals surface area contributed by atoms with E-state index in [1.807, 2.05) is 0 Å². The number of hydrogen-bond donors (Lipinski definition) is 0. The largest absolute Gasteiger partial charge is 0.462 e. The summed E-state index contributed by atoms with van der Waals surface area (Å²) in [4.78, 5) is 43.7. The van der Waals surface area contributed by atoms with Gasteiger partial charge in [-0.2, -0.15) is 0 Å². The van der Waals surface area contributed by atoms with Gasteiger partial charge in [-0.25, -0.2) is 0 Å². The van der Waals surface area contributed by atoms with Crippen LogP contribution in [0.3, 0.4) is 0 Å². The molecule has 3 atom stereocenters. The third-order valence-electron chi connectivity index (χ3n) is 2.00. The van der Waals surface area contributed by atoms with E-state index in [1.165, 1.54) is 0 Å². The minimum absolute atomic E-state index is 0.269. The van der Waals surface area contributed by atoms with Crippen LogP contribution in [-0.4, -0.2) is 49.1 Å². The van der Waals surface area contributed by atoms with Crippen LogP contribution in [0.5, 0.6) is 0 Å². The molecule has 0 aromatic rings. The molecule has 0 spiro atoms. The number of rotatable bonds is 8. The minimum Gasteiger partial charge on any atom is -0.462 e. The Morgan fingerprint density at radius 2 is 1.60 bits per heavy atom. The molecule has 0 saturated carbocycles. The topological polar surface area (TPSA) is 105 Å². The maximum Gasteiger partial charge on any atom is 0.303 e. The first-order valence-electron chi connectivity index (χ1n) is 5.52. The molecule has 0 unspecified atom stereocenters. The third-order valence-corrected chi connectivity index (χ3v) is 2.20. The van der Waals surface area contributed by atoms with Crippen LogP contribution in [0.25, 0.3) is 0 Å². The van der Waals surface area contributed by atoms with Gasteiger partial charge in [0, 0.05) is 20.8 Å². The zero-order valence-corrected chi connectivity index (χ0v) is 11.9. The lowest BCUT2D eigenvalue weighted by atomic mass is 10.1. The Hall–Kier alpha value is -1.67. The van der Waals surface area contributed by atoms with E-state index in [4.69, 9.17) is 21.3 Å². The highest BCUT2D eigenvalue weighted by Gasteiger charge is 2.36. The van der Waals surface area contributed by atoms with Gasteiger partial charge in [0.2, 0.25) is 0 Å². The predicted octanol–water partition coefficient (Wildman–Crippen LogP) is 0.151. The van der Waals surface area contributed by atoms with Crippen LogP contribution in [0.4, 0.5) is 0 Å². The Kier molecular flexibility index (Phi) is 8.49. The van der Waals surface area contributed by atoms with Crippen LogP contribution < -0.4 is 0 Å². The summed E-state index contributed by atoms with van der Waals surface area (Å²) >= 11 is 5.12. The van der Waals surface area contributed by atoms with Crippen molar-refractivity contribution in [2.24, 2.45) is 0 Å². The van der Waals surface area contributed by atoms with Crippen molar-refractivity contribution >= 4 is 36.1 Å². The summed E-state index contributed by atoms with van der Waals surface area (Å²) in [6, 6.07) is 0. The van der Waals surface area contributed by atoms with Gasteiger partial charge in [-0.1, -0.05) is 0 Å². The van der Waals surface area contributed by atoms with Crippen molar-refractivity contribution in [1.82, 2.24) is 0 Å². The summed E-state index contributed by atoms with van der Waals surface area (Å²) in [6.45, 7) is 2.90. The molecule has 0 bridgehead atoms. The second-order valence-electron chi connectivity index (χ2n) is 3.71. The number of halogens is 1. The van der Waals surface area contributed by atoms with Crippen LogP contribution in [-0.2, 0) is 37.7 Å². The summed E-state index contributed by atoms with van der Waals surface area (Å²) in [5, 5.41) is 0. The Labute approximate surface area is 120 Å². The van der Waals surface area contributed by atoms with Crippen LogP contribution >= 0.6 is 11.9 Å². The van der Waals surface area contributed by atoms with Crippen molar-refractivity contribution < 1.29 is 37.7 Å². The molecule has 0 aromatic carbocycles. The van der Waals surface area contributed by atoms with E-state index in [1.54, 1.807) is 0 Å². The van der Waals surface area contributed by atoms with Gasteiger partial charge >= 0.3 is 17.9 Å². The van der Waals surface area contributed by atoms with Crippen molar-refractivity contribution in [3.8, 4) is 0 Å². The van der Waals surface area contributed by atoms with Crippen LogP contribution in [0.1, 0.15) is 20.8 Å². The average Bonchev–Trinajstić information content (AvgIpc) is 2.33. The molecule has 0 aromatic heterocycles. The fourth-order valence-corrected chi connectivity index (χ4v) is 1.45. The van der Waals surface area contributed by atoms with Crippen LogP contribution in [0.2, 0.25) is 0 Å². The molecule has 9 heteroatoms. The summed E-state index contributed by atoms with van der Waals surface area (Å²) in [5.41, 5.74) is 0. The second kappa shape index (κ2) is 9.27. The van der Waals surface area contributed by atoms with Crippen LogP contribution in [0, 0.1) is 0 Å². The Morgan fingerprint density at radius 3 is 1.95 bits per heavy atom. The van der Waals surface area contributed by atoms with Gasteiger partial charge < -0.3 is 19.0 Å². The van der Waals surface area contributed by atoms with Crippen molar-refractivity contribution in [2.45, 2.75) is 39.1 Å². The first-order chi connectivity index (χ1) is 9.31. The molecular weight excluding hydrogens is 296 g/mol. The fourth-order valence-electron chi connectivity index (χ4n) is 1.30. The summed E-state index contributed by atoms with van der Waals surface area (Å²) in [6.07, 6.45) is -3.69. The van der Waals surface area contributed by atoms with E-state index in [2.05, 4.69) is 9.03 Å². The Bertz CT molecular complexity index is 369. The second-order valence-corrected chi connectivity index (χ2v) is 3.89. The molecule has 0 heterocycles. The molecule has 0 aliphatic heterocycles. The van der Waals surface area contributed by atoms with E-state index in [-0.39, 0.29) is 6.29 Å². The first-order valence-corrected chi connectivity index (χ1v) is 5.83. The van der Waals surface area contributed by atoms with Gasteiger partial charge in [0.15, 0.2) is 24.6 Å². The maximum absolute atomic E-state index is 11.0. The zero-order valence-electron chi connectivity index (χ0n) is 11.2. The number of esters is 3. The smallest absolute Gasteiger partial charge is 0.303 e. The van der Waals surface area contributed by atoms with Crippen molar-refractivity contribution in [3.63, 3.8) is 0 Å². The van der Waals surface area contributed by atoms with Crippen molar-refractivity contribution in [1.29, 1.82) is 0 Å². The van der Waals surface area contributed by atoms with E-state index >= 15 is 0 Å². The predicted molar refractivity (Wildman–Crippen MR) is 64.5 cm³/mol. The monoisotopic (exact) mass is 310 g/mol. The lowest BCUT2D eigenvalue weighted by Gasteiger charge is -2.27. The molecule has 0 fully saturated rings. The quantitative estimate of drug-likeness (QED) is 0.354. The molecule has 0 N–H and O–H groups in total. The van der Waals surface area contributed by atoms with Gasteiger partial charge in [-0.15, -0.1) is 0 Å². The highest BCUT2D eigenvalue weighted by molar-refractivity contribution is 6.08. The number of aldehydes is 1. The lowest BCUT2D eigenvalue weighted by Crippen LogP contribution is -2.46. The summed E-state index contributed by atoms with van der Waals surface area (Å²) in [5.74, 6) is -2.12. The zero-order chi connectivity index (χ0) is 15.7. The number of carbonyl (C=O) groups excluding carboxylic acids is 4. The van der Waals surface area contributed by atoms with Gasteiger partial charge in [0.05, 0.1) is 11.9 Å². The van der Waals surface area contributed by atoms with Crippen molar-refractivity contribution in [2.75, 3.05) is 6.61 Å². The molecule has 20 heavy (non-hydrogen) atoms. The molecule has 8 nitrogen and oxygen atoms in total. The van der Waals surface area contributed by atoms with E-state index in [9.17, 15) is 19.2 Å². The fraction of sp³-hybridized carbons (Fsp3) is 0.636. The normalized spacial score (nSPS) is 14.6. The van der Waals surface area contributed by atoms with Gasteiger partial charge in [0.25, 0.3) is 0 Å². The standard InChI is InChI=1S/C11H15ClO8/c1-6(14)17-5-10(18-7(2)15)11(19-8(3)16)9(4-13)20-12/h4,9-11H,5H2,1-3H3/t9-,10+,11+/m0/s1. The Balaban J connectivity index is 5.12. The molecular formula is C11H15ClO8. The molecule has 0 aliphatic carbocycles. The molecule has 0 rings (SSSR count). The summed E-state index contributed by atoms with van der Waals surface area (Å²) < 4.78 is 18.7. The number of ether oxygens (including phenoxy) is 3.